The summed E-state index contributed by atoms with van der Waals surface area (Å²) in [6.07, 6.45) is 3.75. The van der Waals surface area contributed by atoms with Crippen LogP contribution in [0.2, 0.25) is 0 Å². The van der Waals surface area contributed by atoms with E-state index in [1.807, 2.05) is 23.9 Å². The van der Waals surface area contributed by atoms with Crippen LogP contribution in [-0.4, -0.2) is 14.7 Å². The number of nitro groups is 1. The molecular weight excluding hydrogens is 244 g/mol. The lowest BCUT2D eigenvalue weighted by Crippen LogP contribution is -2.02. The van der Waals surface area contributed by atoms with Crippen molar-refractivity contribution in [3.8, 4) is 0 Å². The van der Waals surface area contributed by atoms with E-state index in [2.05, 4.69) is 10.4 Å². The Labute approximate surface area is 111 Å². The zero-order valence-corrected chi connectivity index (χ0v) is 11.0. The van der Waals surface area contributed by atoms with Crippen molar-refractivity contribution in [1.82, 2.24) is 9.78 Å². The van der Waals surface area contributed by atoms with Crippen LogP contribution in [0.4, 0.5) is 11.4 Å². The highest BCUT2D eigenvalue weighted by molar-refractivity contribution is 5.59. The van der Waals surface area contributed by atoms with Gasteiger partial charge in [0.15, 0.2) is 0 Å². The zero-order chi connectivity index (χ0) is 13.8. The molecule has 1 aromatic carbocycles. The Morgan fingerprint density at radius 2 is 2.26 bits per heavy atom. The van der Waals surface area contributed by atoms with Crippen LogP contribution in [0.3, 0.4) is 0 Å². The average Bonchev–Trinajstić information content (AvgIpc) is 2.85. The third kappa shape index (κ3) is 2.90. The fourth-order valence-corrected chi connectivity index (χ4v) is 1.88. The van der Waals surface area contributed by atoms with Crippen molar-refractivity contribution in [1.29, 1.82) is 0 Å². The van der Waals surface area contributed by atoms with Crippen LogP contribution >= 0.6 is 0 Å². The minimum Gasteiger partial charge on any atom is -0.380 e. The molecule has 2 rings (SSSR count). The molecule has 0 radical (unpaired) electrons. The van der Waals surface area contributed by atoms with Gasteiger partial charge in [-0.1, -0.05) is 6.07 Å². The number of aryl methyl sites for hydroxylation is 1. The second-order valence-corrected chi connectivity index (χ2v) is 4.26. The van der Waals surface area contributed by atoms with Crippen LogP contribution in [0, 0.1) is 17.0 Å². The van der Waals surface area contributed by atoms with Gasteiger partial charge in [-0.15, -0.1) is 0 Å². The molecule has 0 aliphatic carbocycles. The Hall–Kier alpha value is -2.37. The molecule has 1 aromatic heterocycles. The molecule has 0 fully saturated rings. The van der Waals surface area contributed by atoms with Crippen molar-refractivity contribution in [3.05, 3.63) is 51.8 Å². The SMILES string of the molecule is CCn1cc(CNc2cccc([N+](=O)[O-])c2C)cn1. The molecule has 0 aliphatic rings. The zero-order valence-electron chi connectivity index (χ0n) is 11.0. The van der Waals surface area contributed by atoms with Gasteiger partial charge in [0.2, 0.25) is 0 Å². The third-order valence-corrected chi connectivity index (χ3v) is 3.00. The summed E-state index contributed by atoms with van der Waals surface area (Å²) < 4.78 is 1.84. The number of hydrogen-bond acceptors (Lipinski definition) is 4. The van der Waals surface area contributed by atoms with Crippen LogP contribution in [0.5, 0.6) is 0 Å². The molecule has 100 valence electrons. The van der Waals surface area contributed by atoms with Crippen LogP contribution in [0.15, 0.2) is 30.6 Å². The summed E-state index contributed by atoms with van der Waals surface area (Å²) in [6.45, 7) is 5.20. The number of nitrogens with zero attached hydrogens (tertiary/aromatic N) is 3. The molecule has 0 aliphatic heterocycles. The maximum atomic E-state index is 10.9. The van der Waals surface area contributed by atoms with Gasteiger partial charge >= 0.3 is 0 Å². The smallest absolute Gasteiger partial charge is 0.274 e. The van der Waals surface area contributed by atoms with Crippen LogP contribution < -0.4 is 5.32 Å². The summed E-state index contributed by atoms with van der Waals surface area (Å²) in [5, 5.41) is 18.2. The molecule has 2 aromatic rings. The average molecular weight is 260 g/mol. The van der Waals surface area contributed by atoms with E-state index in [1.165, 1.54) is 6.07 Å². The lowest BCUT2D eigenvalue weighted by atomic mass is 10.1. The van der Waals surface area contributed by atoms with E-state index in [1.54, 1.807) is 19.2 Å². The minimum atomic E-state index is -0.365. The summed E-state index contributed by atoms with van der Waals surface area (Å²) in [4.78, 5) is 10.5. The normalized spacial score (nSPS) is 10.4. The largest absolute Gasteiger partial charge is 0.380 e. The van der Waals surface area contributed by atoms with Gasteiger partial charge in [-0.2, -0.15) is 5.10 Å². The molecule has 19 heavy (non-hydrogen) atoms. The number of nitro benzene ring substituents is 1. The second kappa shape index (κ2) is 5.51. The van der Waals surface area contributed by atoms with E-state index < -0.39 is 0 Å². The van der Waals surface area contributed by atoms with Crippen molar-refractivity contribution in [2.75, 3.05) is 5.32 Å². The first-order valence-corrected chi connectivity index (χ1v) is 6.11. The third-order valence-electron chi connectivity index (χ3n) is 3.00. The highest BCUT2D eigenvalue weighted by atomic mass is 16.6. The molecule has 0 saturated carbocycles. The monoisotopic (exact) mass is 260 g/mol. The van der Waals surface area contributed by atoms with Crippen molar-refractivity contribution >= 4 is 11.4 Å². The Kier molecular flexibility index (Phi) is 3.79. The first kappa shape index (κ1) is 13.1. The fourth-order valence-electron chi connectivity index (χ4n) is 1.88. The Balaban J connectivity index is 2.11. The molecule has 0 amide bonds. The molecule has 6 heteroatoms. The van der Waals surface area contributed by atoms with Gasteiger partial charge in [0.25, 0.3) is 5.69 Å². The number of hydrogen-bond donors (Lipinski definition) is 1. The first-order valence-electron chi connectivity index (χ1n) is 6.11. The van der Waals surface area contributed by atoms with Gasteiger partial charge in [0.1, 0.15) is 0 Å². The molecule has 1 N–H and O–H groups in total. The predicted molar refractivity (Wildman–Crippen MR) is 73.1 cm³/mol. The van der Waals surface area contributed by atoms with Gasteiger partial charge in [-0.05, 0) is 19.9 Å². The van der Waals surface area contributed by atoms with Crippen molar-refractivity contribution in [2.45, 2.75) is 26.9 Å². The predicted octanol–water partition coefficient (Wildman–Crippen LogP) is 2.73. The molecule has 0 atom stereocenters. The number of nitrogens with one attached hydrogen (secondary N) is 1. The minimum absolute atomic E-state index is 0.134. The molecule has 6 nitrogen and oxygen atoms in total. The quantitative estimate of drug-likeness (QED) is 0.662. The lowest BCUT2D eigenvalue weighted by molar-refractivity contribution is -0.385. The van der Waals surface area contributed by atoms with E-state index >= 15 is 0 Å². The second-order valence-electron chi connectivity index (χ2n) is 4.26. The van der Waals surface area contributed by atoms with Gasteiger partial charge < -0.3 is 5.32 Å². The van der Waals surface area contributed by atoms with E-state index in [0.717, 1.165) is 17.8 Å². The fraction of sp³-hybridized carbons (Fsp3) is 0.308. The van der Waals surface area contributed by atoms with E-state index in [0.29, 0.717) is 12.1 Å². The topological polar surface area (TPSA) is 73.0 Å². The van der Waals surface area contributed by atoms with Gasteiger partial charge in [-0.25, -0.2) is 0 Å². The van der Waals surface area contributed by atoms with Gasteiger partial charge in [0, 0.05) is 42.2 Å². The molecule has 0 bridgehead atoms. The van der Waals surface area contributed by atoms with E-state index in [9.17, 15) is 10.1 Å². The van der Waals surface area contributed by atoms with E-state index in [4.69, 9.17) is 0 Å². The molecule has 1 heterocycles. The highest BCUT2D eigenvalue weighted by Gasteiger charge is 2.12. The molecular formula is C13H16N4O2. The molecule has 0 unspecified atom stereocenters. The van der Waals surface area contributed by atoms with Crippen LogP contribution in [-0.2, 0) is 13.1 Å². The lowest BCUT2D eigenvalue weighted by Gasteiger charge is -2.08. The number of aromatic nitrogens is 2. The highest BCUT2D eigenvalue weighted by Crippen LogP contribution is 2.25. The standard InChI is InChI=1S/C13H16N4O2/c1-3-16-9-11(8-15-16)7-14-12-5-4-6-13(10(12)2)17(18)19/h4-6,8-9,14H,3,7H2,1-2H3. The van der Waals surface area contributed by atoms with Gasteiger partial charge in [-0.3, -0.25) is 14.8 Å². The summed E-state index contributed by atoms with van der Waals surface area (Å²) >= 11 is 0. The number of rotatable bonds is 5. The summed E-state index contributed by atoms with van der Waals surface area (Å²) in [7, 11) is 0. The van der Waals surface area contributed by atoms with Crippen molar-refractivity contribution in [2.24, 2.45) is 0 Å². The Morgan fingerprint density at radius 3 is 2.89 bits per heavy atom. The number of anilines is 1. The Bertz CT molecular complexity index is 592. The summed E-state index contributed by atoms with van der Waals surface area (Å²) in [6, 6.07) is 5.03. The van der Waals surface area contributed by atoms with E-state index in [-0.39, 0.29) is 10.6 Å². The maximum Gasteiger partial charge on any atom is 0.274 e. The first-order chi connectivity index (χ1) is 9.11. The van der Waals surface area contributed by atoms with Gasteiger partial charge in [0.05, 0.1) is 11.1 Å². The van der Waals surface area contributed by atoms with Crippen LogP contribution in [0.1, 0.15) is 18.1 Å². The maximum absolute atomic E-state index is 10.9. The van der Waals surface area contributed by atoms with Crippen molar-refractivity contribution in [3.63, 3.8) is 0 Å². The summed E-state index contributed by atoms with van der Waals surface area (Å²) in [5.41, 5.74) is 2.61. The van der Waals surface area contributed by atoms with Crippen LogP contribution in [0.25, 0.3) is 0 Å². The van der Waals surface area contributed by atoms with Crippen molar-refractivity contribution < 1.29 is 4.92 Å². The molecule has 0 saturated heterocycles. The number of benzene rings is 1. The summed E-state index contributed by atoms with van der Waals surface area (Å²) in [5.74, 6) is 0. The molecule has 0 spiro atoms. The Morgan fingerprint density at radius 1 is 1.47 bits per heavy atom.